The van der Waals surface area contributed by atoms with E-state index in [0.717, 1.165) is 37.2 Å². The van der Waals surface area contributed by atoms with Crippen LogP contribution in [0.2, 0.25) is 0 Å². The average Bonchev–Trinajstić information content (AvgIpc) is 2.47. The highest BCUT2D eigenvalue weighted by molar-refractivity contribution is 5.74. The van der Waals surface area contributed by atoms with Gasteiger partial charge in [-0.15, -0.1) is 0 Å². The number of nitrogens with one attached hydrogen (secondary N) is 2. The molecule has 1 heterocycles. The molecule has 2 rings (SSSR count). The minimum atomic E-state index is -0.415. The normalized spacial score (nSPS) is 19.3. The van der Waals surface area contributed by atoms with Crippen molar-refractivity contribution < 1.29 is 14.3 Å². The molecule has 0 aromatic heterocycles. The smallest absolute Gasteiger partial charge is 0.315 e. The largest absolute Gasteiger partial charge is 0.393 e. The fraction of sp³-hybridized carbons (Fsp3) is 0.588. The SMILES string of the molecule is Cc1cc(F)ccc1N1CCCC(NC(=O)NCCC(C)O)C1. The average molecular weight is 323 g/mol. The molecule has 128 valence electrons. The number of piperidine rings is 1. The summed E-state index contributed by atoms with van der Waals surface area (Å²) in [5.74, 6) is -0.226. The van der Waals surface area contributed by atoms with E-state index in [0.29, 0.717) is 13.0 Å². The van der Waals surface area contributed by atoms with Crippen molar-refractivity contribution in [3.05, 3.63) is 29.6 Å². The molecule has 0 saturated carbocycles. The third-order valence-corrected chi connectivity index (χ3v) is 4.10. The molecule has 1 aromatic rings. The molecular formula is C17H26FN3O2. The lowest BCUT2D eigenvalue weighted by atomic mass is 10.0. The van der Waals surface area contributed by atoms with Gasteiger partial charge >= 0.3 is 6.03 Å². The van der Waals surface area contributed by atoms with Crippen LogP contribution in [0.4, 0.5) is 14.9 Å². The molecule has 2 amide bonds. The molecular weight excluding hydrogens is 297 g/mol. The molecule has 1 saturated heterocycles. The molecule has 1 aliphatic rings. The maximum Gasteiger partial charge on any atom is 0.315 e. The fourth-order valence-electron chi connectivity index (χ4n) is 2.92. The number of aryl methyl sites for hydroxylation is 1. The molecule has 0 bridgehead atoms. The van der Waals surface area contributed by atoms with Crippen molar-refractivity contribution in [1.29, 1.82) is 0 Å². The van der Waals surface area contributed by atoms with Crippen molar-refractivity contribution in [2.24, 2.45) is 0 Å². The second-order valence-corrected chi connectivity index (χ2v) is 6.25. The number of amides is 2. The van der Waals surface area contributed by atoms with Gasteiger partial charge in [0.15, 0.2) is 0 Å². The van der Waals surface area contributed by atoms with Crippen molar-refractivity contribution in [3.8, 4) is 0 Å². The highest BCUT2D eigenvalue weighted by Gasteiger charge is 2.22. The molecule has 1 fully saturated rings. The van der Waals surface area contributed by atoms with Crippen molar-refractivity contribution in [2.45, 2.75) is 45.3 Å². The van der Waals surface area contributed by atoms with Crippen LogP contribution >= 0.6 is 0 Å². The number of urea groups is 1. The second kappa shape index (κ2) is 8.15. The highest BCUT2D eigenvalue weighted by atomic mass is 19.1. The molecule has 1 aromatic carbocycles. The van der Waals surface area contributed by atoms with Gasteiger partial charge in [0, 0.05) is 31.4 Å². The van der Waals surface area contributed by atoms with Crippen LogP contribution < -0.4 is 15.5 Å². The first-order valence-corrected chi connectivity index (χ1v) is 8.19. The summed E-state index contributed by atoms with van der Waals surface area (Å²) in [6, 6.07) is 4.68. The maximum atomic E-state index is 13.2. The Kier molecular flexibility index (Phi) is 6.21. The predicted molar refractivity (Wildman–Crippen MR) is 89.2 cm³/mol. The Bertz CT molecular complexity index is 537. The Balaban J connectivity index is 1.87. The van der Waals surface area contributed by atoms with E-state index in [-0.39, 0.29) is 17.9 Å². The highest BCUT2D eigenvalue weighted by Crippen LogP contribution is 2.24. The Morgan fingerprint density at radius 2 is 2.30 bits per heavy atom. The molecule has 2 atom stereocenters. The predicted octanol–water partition coefficient (Wildman–Crippen LogP) is 2.17. The zero-order valence-electron chi connectivity index (χ0n) is 13.8. The van der Waals surface area contributed by atoms with E-state index in [1.807, 2.05) is 6.92 Å². The number of benzene rings is 1. The van der Waals surface area contributed by atoms with Gasteiger partial charge in [0.05, 0.1) is 6.10 Å². The van der Waals surface area contributed by atoms with Gasteiger partial charge in [-0.3, -0.25) is 0 Å². The first-order chi connectivity index (χ1) is 11.0. The number of rotatable bonds is 5. The van der Waals surface area contributed by atoms with Gasteiger partial charge < -0.3 is 20.6 Å². The lowest BCUT2D eigenvalue weighted by Crippen LogP contribution is -2.51. The molecule has 0 radical (unpaired) electrons. The van der Waals surface area contributed by atoms with Gasteiger partial charge in [0.1, 0.15) is 5.82 Å². The summed E-state index contributed by atoms with van der Waals surface area (Å²) in [7, 11) is 0. The minimum Gasteiger partial charge on any atom is -0.393 e. The fourth-order valence-corrected chi connectivity index (χ4v) is 2.92. The lowest BCUT2D eigenvalue weighted by molar-refractivity contribution is 0.183. The number of aliphatic hydroxyl groups is 1. The zero-order valence-corrected chi connectivity index (χ0v) is 13.8. The summed E-state index contributed by atoms with van der Waals surface area (Å²) in [5.41, 5.74) is 1.93. The Hall–Kier alpha value is -1.82. The lowest BCUT2D eigenvalue weighted by Gasteiger charge is -2.35. The summed E-state index contributed by atoms with van der Waals surface area (Å²) in [4.78, 5) is 14.1. The third-order valence-electron chi connectivity index (χ3n) is 4.10. The van der Waals surface area contributed by atoms with E-state index >= 15 is 0 Å². The maximum absolute atomic E-state index is 13.2. The number of carbonyl (C=O) groups excluding carboxylic acids is 1. The number of carbonyl (C=O) groups is 1. The Morgan fingerprint density at radius 1 is 1.52 bits per heavy atom. The van der Waals surface area contributed by atoms with Gasteiger partial charge in [-0.25, -0.2) is 9.18 Å². The van der Waals surface area contributed by atoms with E-state index in [1.165, 1.54) is 12.1 Å². The quantitative estimate of drug-likeness (QED) is 0.778. The summed E-state index contributed by atoms with van der Waals surface area (Å²) >= 11 is 0. The number of anilines is 1. The zero-order chi connectivity index (χ0) is 16.8. The molecule has 1 aliphatic heterocycles. The standard InChI is InChI=1S/C17H26FN3O2/c1-12-10-14(18)5-6-16(12)21-9-3-4-15(11-21)20-17(23)19-8-7-13(2)22/h5-6,10,13,15,22H,3-4,7-9,11H2,1-2H3,(H2,19,20,23). The van der Waals surface area contributed by atoms with E-state index in [4.69, 9.17) is 0 Å². The number of hydrogen-bond donors (Lipinski definition) is 3. The van der Waals surface area contributed by atoms with Crippen molar-refractivity contribution in [1.82, 2.24) is 10.6 Å². The number of halogens is 1. The van der Waals surface area contributed by atoms with Crippen LogP contribution in [-0.4, -0.2) is 42.9 Å². The van der Waals surface area contributed by atoms with Gasteiger partial charge in [0.2, 0.25) is 0 Å². The number of nitrogens with zero attached hydrogens (tertiary/aromatic N) is 1. The summed E-state index contributed by atoms with van der Waals surface area (Å²) in [5, 5.41) is 14.9. The summed E-state index contributed by atoms with van der Waals surface area (Å²) in [6.45, 7) is 5.68. The van der Waals surface area contributed by atoms with Gasteiger partial charge in [0.25, 0.3) is 0 Å². The molecule has 6 heteroatoms. The third kappa shape index (κ3) is 5.39. The van der Waals surface area contributed by atoms with Gasteiger partial charge in [-0.05, 0) is 56.9 Å². The summed E-state index contributed by atoms with van der Waals surface area (Å²) < 4.78 is 13.2. The van der Waals surface area contributed by atoms with Crippen LogP contribution in [0.15, 0.2) is 18.2 Å². The number of aliphatic hydroxyl groups excluding tert-OH is 1. The molecule has 0 aliphatic carbocycles. The van der Waals surface area contributed by atoms with Crippen LogP contribution in [-0.2, 0) is 0 Å². The van der Waals surface area contributed by atoms with E-state index in [2.05, 4.69) is 15.5 Å². The first-order valence-electron chi connectivity index (χ1n) is 8.19. The monoisotopic (exact) mass is 323 g/mol. The Labute approximate surface area is 136 Å². The van der Waals surface area contributed by atoms with Crippen LogP contribution in [0, 0.1) is 12.7 Å². The van der Waals surface area contributed by atoms with E-state index in [9.17, 15) is 14.3 Å². The van der Waals surface area contributed by atoms with Gasteiger partial charge in [-0.1, -0.05) is 0 Å². The van der Waals surface area contributed by atoms with Gasteiger partial charge in [-0.2, -0.15) is 0 Å². The molecule has 5 nitrogen and oxygen atoms in total. The molecule has 23 heavy (non-hydrogen) atoms. The van der Waals surface area contributed by atoms with E-state index < -0.39 is 6.10 Å². The van der Waals surface area contributed by atoms with Crippen LogP contribution in [0.5, 0.6) is 0 Å². The minimum absolute atomic E-state index is 0.0692. The molecule has 0 spiro atoms. The number of hydrogen-bond acceptors (Lipinski definition) is 3. The Morgan fingerprint density at radius 3 is 3.00 bits per heavy atom. The first kappa shape index (κ1) is 17.5. The molecule has 3 N–H and O–H groups in total. The van der Waals surface area contributed by atoms with Crippen molar-refractivity contribution in [2.75, 3.05) is 24.5 Å². The molecule has 2 unspecified atom stereocenters. The van der Waals surface area contributed by atoms with E-state index in [1.54, 1.807) is 13.0 Å². The van der Waals surface area contributed by atoms with Crippen molar-refractivity contribution >= 4 is 11.7 Å². The van der Waals surface area contributed by atoms with Crippen LogP contribution in [0.25, 0.3) is 0 Å². The summed E-state index contributed by atoms with van der Waals surface area (Å²) in [6.07, 6.45) is 2.04. The topological polar surface area (TPSA) is 64.6 Å². The second-order valence-electron chi connectivity index (χ2n) is 6.25. The van der Waals surface area contributed by atoms with Crippen molar-refractivity contribution in [3.63, 3.8) is 0 Å². The van der Waals surface area contributed by atoms with Crippen LogP contribution in [0.3, 0.4) is 0 Å². The van der Waals surface area contributed by atoms with Crippen LogP contribution in [0.1, 0.15) is 31.7 Å².